The van der Waals surface area contributed by atoms with Gasteiger partial charge in [-0.25, -0.2) is 0 Å². The number of benzene rings is 2. The molecule has 2 N–H and O–H groups in total. The van der Waals surface area contributed by atoms with Crippen molar-refractivity contribution in [1.29, 1.82) is 0 Å². The summed E-state index contributed by atoms with van der Waals surface area (Å²) in [6, 6.07) is 14.0. The number of amides is 2. The number of nitrogens with one attached hydrogen (secondary N) is 2. The molecule has 0 heterocycles. The molecule has 2 aromatic rings. The highest BCUT2D eigenvalue weighted by Crippen LogP contribution is 2.30. The molecule has 2 amide bonds. The third kappa shape index (κ3) is 5.91. The fourth-order valence-corrected chi connectivity index (χ4v) is 2.90. The molecule has 0 saturated heterocycles. The number of ketones is 1. The Morgan fingerprint density at radius 1 is 1.03 bits per heavy atom. The number of anilines is 1. The van der Waals surface area contributed by atoms with E-state index in [1.165, 1.54) is 0 Å². The van der Waals surface area contributed by atoms with E-state index >= 15 is 0 Å². The maximum absolute atomic E-state index is 12.2. The molecular weight excluding hydrogens is 368 g/mol. The second-order valence-electron chi connectivity index (χ2n) is 7.26. The predicted octanol–water partition coefficient (Wildman–Crippen LogP) is 3.88. The lowest BCUT2D eigenvalue weighted by atomic mass is 10.1. The highest BCUT2D eigenvalue weighted by molar-refractivity contribution is 5.96. The lowest BCUT2D eigenvalue weighted by Crippen LogP contribution is -2.31. The summed E-state index contributed by atoms with van der Waals surface area (Å²) in [5.41, 5.74) is 2.33. The molecule has 0 bridgehead atoms. The molecule has 6 nitrogen and oxygen atoms in total. The maximum atomic E-state index is 12.2. The summed E-state index contributed by atoms with van der Waals surface area (Å²) in [7, 11) is 0. The van der Waals surface area contributed by atoms with Crippen LogP contribution in [0.25, 0.3) is 0 Å². The number of ether oxygens (including phenoxy) is 1. The first kappa shape index (κ1) is 20.6. The lowest BCUT2D eigenvalue weighted by molar-refractivity contribution is -0.123. The zero-order valence-corrected chi connectivity index (χ0v) is 16.7. The second kappa shape index (κ2) is 9.37. The first-order valence-corrected chi connectivity index (χ1v) is 9.92. The van der Waals surface area contributed by atoms with E-state index in [0.29, 0.717) is 17.7 Å². The summed E-state index contributed by atoms with van der Waals surface area (Å²) < 4.78 is 5.49. The van der Waals surface area contributed by atoms with Crippen LogP contribution in [0.15, 0.2) is 48.5 Å². The topological polar surface area (TPSA) is 84.5 Å². The average molecular weight is 394 g/mol. The molecule has 0 radical (unpaired) electrons. The van der Waals surface area contributed by atoms with Gasteiger partial charge in [-0.1, -0.05) is 19.1 Å². The molecule has 1 atom stereocenters. The minimum Gasteiger partial charge on any atom is -0.484 e. The zero-order chi connectivity index (χ0) is 20.8. The van der Waals surface area contributed by atoms with Crippen LogP contribution >= 0.6 is 0 Å². The van der Waals surface area contributed by atoms with Gasteiger partial charge in [-0.3, -0.25) is 14.4 Å². The normalized spacial score (nSPS) is 14.0. The number of hydrogen-bond donors (Lipinski definition) is 2. The summed E-state index contributed by atoms with van der Waals surface area (Å²) in [6.45, 7) is 3.60. The minimum atomic E-state index is -0.239. The van der Waals surface area contributed by atoms with Crippen molar-refractivity contribution >= 4 is 23.3 Å². The monoisotopic (exact) mass is 394 g/mol. The molecular formula is C23H26N2O4. The molecule has 0 aliphatic heterocycles. The van der Waals surface area contributed by atoms with Gasteiger partial charge < -0.3 is 15.4 Å². The summed E-state index contributed by atoms with van der Waals surface area (Å²) in [6.07, 6.45) is 2.39. The molecule has 1 unspecified atom stereocenters. The van der Waals surface area contributed by atoms with Gasteiger partial charge in [0.05, 0.1) is 6.04 Å². The van der Waals surface area contributed by atoms with Gasteiger partial charge in [0, 0.05) is 23.6 Å². The van der Waals surface area contributed by atoms with Crippen LogP contribution in [0, 0.1) is 5.92 Å². The van der Waals surface area contributed by atoms with Crippen molar-refractivity contribution in [3.8, 4) is 5.75 Å². The van der Waals surface area contributed by atoms with Crippen LogP contribution < -0.4 is 15.4 Å². The first-order valence-electron chi connectivity index (χ1n) is 9.92. The van der Waals surface area contributed by atoms with Crippen LogP contribution in [0.3, 0.4) is 0 Å². The van der Waals surface area contributed by atoms with Crippen molar-refractivity contribution in [1.82, 2.24) is 5.32 Å². The molecule has 0 spiro atoms. The standard InChI is InChI=1S/C23H26N2O4/c1-3-21(26)17-8-12-20(13-9-17)29-14-22(27)24-15(2)16-6-10-19(11-7-16)25-23(28)18-4-5-18/h6-13,15,18H,3-5,14H2,1-2H3,(H,24,27)(H,25,28). The van der Waals surface area contributed by atoms with E-state index in [2.05, 4.69) is 10.6 Å². The first-order chi connectivity index (χ1) is 14.0. The van der Waals surface area contributed by atoms with Crippen molar-refractivity contribution in [3.63, 3.8) is 0 Å². The van der Waals surface area contributed by atoms with E-state index in [1.807, 2.05) is 38.1 Å². The van der Waals surface area contributed by atoms with Gasteiger partial charge in [0.1, 0.15) is 5.75 Å². The third-order valence-electron chi connectivity index (χ3n) is 4.87. The Bertz CT molecular complexity index is 871. The fraction of sp³-hybridized carbons (Fsp3) is 0.348. The van der Waals surface area contributed by atoms with Crippen molar-refractivity contribution in [2.24, 2.45) is 5.92 Å². The van der Waals surface area contributed by atoms with Crippen molar-refractivity contribution in [2.75, 3.05) is 11.9 Å². The summed E-state index contributed by atoms with van der Waals surface area (Å²) in [5, 5.41) is 5.78. The quantitative estimate of drug-likeness (QED) is 0.632. The maximum Gasteiger partial charge on any atom is 0.258 e. The lowest BCUT2D eigenvalue weighted by Gasteiger charge is -2.15. The highest BCUT2D eigenvalue weighted by Gasteiger charge is 2.29. The van der Waals surface area contributed by atoms with E-state index in [9.17, 15) is 14.4 Å². The van der Waals surface area contributed by atoms with Crippen molar-refractivity contribution in [2.45, 2.75) is 39.2 Å². The Hall–Kier alpha value is -3.15. The number of rotatable bonds is 9. The molecule has 1 saturated carbocycles. The van der Waals surface area contributed by atoms with Gasteiger partial charge in [0.15, 0.2) is 12.4 Å². The number of hydrogen-bond acceptors (Lipinski definition) is 4. The largest absolute Gasteiger partial charge is 0.484 e. The van der Waals surface area contributed by atoms with Gasteiger partial charge in [0.25, 0.3) is 5.91 Å². The Morgan fingerprint density at radius 3 is 2.28 bits per heavy atom. The summed E-state index contributed by atoms with van der Waals surface area (Å²) >= 11 is 0. The van der Waals surface area contributed by atoms with E-state index in [0.717, 1.165) is 24.1 Å². The zero-order valence-electron chi connectivity index (χ0n) is 16.7. The van der Waals surface area contributed by atoms with Crippen LogP contribution in [0.1, 0.15) is 55.1 Å². The summed E-state index contributed by atoms with van der Waals surface area (Å²) in [4.78, 5) is 35.6. The van der Waals surface area contributed by atoms with Crippen LogP contribution in [0.5, 0.6) is 5.75 Å². The average Bonchev–Trinajstić information content (AvgIpc) is 3.58. The molecule has 152 valence electrons. The Kier molecular flexibility index (Phi) is 6.65. The smallest absolute Gasteiger partial charge is 0.258 e. The number of carbonyl (C=O) groups excluding carboxylic acids is 3. The fourth-order valence-electron chi connectivity index (χ4n) is 2.90. The molecule has 3 rings (SSSR count). The molecule has 1 aliphatic rings. The molecule has 29 heavy (non-hydrogen) atoms. The number of carbonyl (C=O) groups is 3. The van der Waals surface area contributed by atoms with E-state index in [1.54, 1.807) is 24.3 Å². The second-order valence-corrected chi connectivity index (χ2v) is 7.26. The summed E-state index contributed by atoms with van der Waals surface area (Å²) in [5.74, 6) is 0.606. The van der Waals surface area contributed by atoms with Gasteiger partial charge in [0.2, 0.25) is 5.91 Å². The molecule has 6 heteroatoms. The van der Waals surface area contributed by atoms with Crippen LogP contribution in [0.4, 0.5) is 5.69 Å². The SMILES string of the molecule is CCC(=O)c1ccc(OCC(=O)NC(C)c2ccc(NC(=O)C3CC3)cc2)cc1. The van der Waals surface area contributed by atoms with Gasteiger partial charge in [-0.05, 0) is 61.7 Å². The number of Topliss-reactive ketones (excluding diaryl/α,β-unsaturated/α-hetero) is 1. The van der Waals surface area contributed by atoms with Gasteiger partial charge >= 0.3 is 0 Å². The Morgan fingerprint density at radius 2 is 1.69 bits per heavy atom. The van der Waals surface area contributed by atoms with Crippen LogP contribution in [-0.2, 0) is 9.59 Å². The minimum absolute atomic E-state index is 0.0706. The Labute approximate surface area is 170 Å². The molecule has 2 aromatic carbocycles. The van der Waals surface area contributed by atoms with Crippen molar-refractivity contribution < 1.29 is 19.1 Å². The Balaban J connectivity index is 1.45. The van der Waals surface area contributed by atoms with Crippen LogP contribution in [0.2, 0.25) is 0 Å². The molecule has 1 aliphatic carbocycles. The highest BCUT2D eigenvalue weighted by atomic mass is 16.5. The predicted molar refractivity (Wildman–Crippen MR) is 111 cm³/mol. The van der Waals surface area contributed by atoms with Crippen molar-refractivity contribution in [3.05, 3.63) is 59.7 Å². The van der Waals surface area contributed by atoms with Crippen LogP contribution in [-0.4, -0.2) is 24.2 Å². The van der Waals surface area contributed by atoms with Gasteiger partial charge in [-0.2, -0.15) is 0 Å². The van der Waals surface area contributed by atoms with E-state index < -0.39 is 0 Å². The van der Waals surface area contributed by atoms with Gasteiger partial charge in [-0.15, -0.1) is 0 Å². The third-order valence-corrected chi connectivity index (χ3v) is 4.87. The van der Waals surface area contributed by atoms with E-state index in [4.69, 9.17) is 4.74 Å². The van der Waals surface area contributed by atoms with E-state index in [-0.39, 0.29) is 36.2 Å². The molecule has 0 aromatic heterocycles. The molecule has 1 fully saturated rings.